The molecule has 5 rings (SSSR count). The number of likely N-dealkylation sites (tertiary alicyclic amines) is 1. The molecule has 3 N–H and O–H groups in total. The SMILES string of the molecule is COC(C)(C(=O)N1C[C@H](F)C[C@H]1C(=O)N[C@H](C(=O)N(C)[C@H]1CCCCNC(=O)[C@@H]2C[C@@H](F)CN2C(=O)[C@H](Cc2cc(Cl)ccc2Cl)N(C)C(=O)[C@H](CC(C)C)NC1=O)C1CC1)C(F)(F)F. The molecule has 0 aromatic heterocycles. The Hall–Kier alpha value is -4.30. The van der Waals surface area contributed by atoms with Crippen molar-refractivity contribution in [2.24, 2.45) is 11.8 Å². The molecule has 0 bridgehead atoms. The van der Waals surface area contributed by atoms with Crippen molar-refractivity contribution in [3.05, 3.63) is 33.8 Å². The monoisotopic (exact) mass is 965 g/mol. The summed E-state index contributed by atoms with van der Waals surface area (Å²) in [6, 6.07) is -3.56. The first-order chi connectivity index (χ1) is 30.4. The van der Waals surface area contributed by atoms with Gasteiger partial charge in [-0.2, -0.15) is 13.2 Å². The van der Waals surface area contributed by atoms with Crippen LogP contribution in [0, 0.1) is 11.8 Å². The molecule has 3 heterocycles. The molecule has 1 aromatic carbocycles. The lowest BCUT2D eigenvalue weighted by Crippen LogP contribution is -2.62. The van der Waals surface area contributed by atoms with Crippen LogP contribution in [0.1, 0.15) is 77.7 Å². The first-order valence-electron chi connectivity index (χ1n) is 21.8. The summed E-state index contributed by atoms with van der Waals surface area (Å²) in [4.78, 5) is 102. The van der Waals surface area contributed by atoms with Crippen LogP contribution in [0.15, 0.2) is 18.2 Å². The molecule has 1 unspecified atom stereocenters. The maximum absolute atomic E-state index is 15.1. The Morgan fingerprint density at radius 1 is 0.969 bits per heavy atom. The van der Waals surface area contributed by atoms with Crippen LogP contribution >= 0.6 is 23.2 Å². The zero-order chi connectivity index (χ0) is 48.3. The Bertz CT molecular complexity index is 1980. The minimum atomic E-state index is -5.21. The zero-order valence-electron chi connectivity index (χ0n) is 37.2. The second kappa shape index (κ2) is 21.1. The number of rotatable bonds is 11. The van der Waals surface area contributed by atoms with E-state index in [1.54, 1.807) is 13.8 Å². The number of methoxy groups -OCH3 is 1. The highest BCUT2D eigenvalue weighted by atomic mass is 35.5. The summed E-state index contributed by atoms with van der Waals surface area (Å²) < 4.78 is 76.4. The molecular formula is C43H58Cl2F5N7O8. The predicted octanol–water partition coefficient (Wildman–Crippen LogP) is 3.76. The van der Waals surface area contributed by atoms with E-state index in [-0.39, 0.29) is 56.0 Å². The van der Waals surface area contributed by atoms with Gasteiger partial charge < -0.3 is 40.3 Å². The number of carbonyl (C=O) groups is 7. The zero-order valence-corrected chi connectivity index (χ0v) is 38.7. The van der Waals surface area contributed by atoms with Crippen molar-refractivity contribution >= 4 is 64.6 Å². The molecule has 1 aromatic rings. The second-order valence-electron chi connectivity index (χ2n) is 18.1. The predicted molar refractivity (Wildman–Crippen MR) is 228 cm³/mol. The number of hydrogen-bond acceptors (Lipinski definition) is 8. The summed E-state index contributed by atoms with van der Waals surface area (Å²) in [5.41, 5.74) is -3.00. The number of nitrogens with one attached hydrogen (secondary N) is 3. The van der Waals surface area contributed by atoms with Crippen molar-refractivity contribution in [1.29, 1.82) is 0 Å². The molecule has 3 aliphatic heterocycles. The highest BCUT2D eigenvalue weighted by Crippen LogP contribution is 2.38. The van der Waals surface area contributed by atoms with Gasteiger partial charge in [-0.05, 0) is 81.0 Å². The summed E-state index contributed by atoms with van der Waals surface area (Å²) in [5.74, 6) is -6.97. The van der Waals surface area contributed by atoms with Crippen molar-refractivity contribution in [3.8, 4) is 0 Å². The summed E-state index contributed by atoms with van der Waals surface area (Å²) in [6.45, 7) is 2.93. The van der Waals surface area contributed by atoms with Gasteiger partial charge in [0.15, 0.2) is 0 Å². The van der Waals surface area contributed by atoms with Crippen LogP contribution in [-0.2, 0) is 44.7 Å². The van der Waals surface area contributed by atoms with Crippen LogP contribution in [0.25, 0.3) is 0 Å². The van der Waals surface area contributed by atoms with Gasteiger partial charge in [-0.25, -0.2) is 8.78 Å². The van der Waals surface area contributed by atoms with E-state index >= 15 is 4.39 Å². The fourth-order valence-electron chi connectivity index (χ4n) is 8.71. The van der Waals surface area contributed by atoms with Crippen molar-refractivity contribution in [2.75, 3.05) is 40.8 Å². The number of alkyl halides is 5. The molecule has 1 saturated carbocycles. The maximum Gasteiger partial charge on any atom is 0.426 e. The summed E-state index contributed by atoms with van der Waals surface area (Å²) in [5, 5.41) is 8.60. The normalized spacial score (nSPS) is 27.8. The van der Waals surface area contributed by atoms with Crippen molar-refractivity contribution in [1.82, 2.24) is 35.6 Å². The first-order valence-corrected chi connectivity index (χ1v) is 22.5. The van der Waals surface area contributed by atoms with Gasteiger partial charge >= 0.3 is 6.18 Å². The van der Waals surface area contributed by atoms with Crippen molar-refractivity contribution in [3.63, 3.8) is 0 Å². The Labute approximate surface area is 384 Å². The van der Waals surface area contributed by atoms with E-state index in [1.165, 1.54) is 32.3 Å². The third-order valence-electron chi connectivity index (χ3n) is 12.8. The minimum Gasteiger partial charge on any atom is -0.361 e. The topological polar surface area (TPSA) is 178 Å². The Kier molecular flexibility index (Phi) is 16.8. The maximum atomic E-state index is 15.1. The van der Waals surface area contributed by atoms with E-state index < -0.39 is 127 Å². The molecule has 0 radical (unpaired) electrons. The third kappa shape index (κ3) is 11.8. The average molecular weight is 967 g/mol. The molecule has 15 nitrogen and oxygen atoms in total. The van der Waals surface area contributed by atoms with Gasteiger partial charge in [-0.15, -0.1) is 0 Å². The number of carbonyl (C=O) groups excluding carboxylic acids is 7. The average Bonchev–Trinajstić information content (AvgIpc) is 3.89. The number of fused-ring (bicyclic) bond motifs is 1. The molecule has 362 valence electrons. The summed E-state index contributed by atoms with van der Waals surface area (Å²) >= 11 is 12.8. The number of ether oxygens (including phenoxy) is 1. The fraction of sp³-hybridized carbons (Fsp3) is 0.698. The van der Waals surface area contributed by atoms with Crippen LogP contribution in [0.4, 0.5) is 22.0 Å². The van der Waals surface area contributed by atoms with E-state index in [0.29, 0.717) is 42.4 Å². The smallest absolute Gasteiger partial charge is 0.361 e. The van der Waals surface area contributed by atoms with Gasteiger partial charge in [0, 0.05) is 57.1 Å². The van der Waals surface area contributed by atoms with Gasteiger partial charge in [0.05, 0.1) is 13.1 Å². The van der Waals surface area contributed by atoms with Crippen molar-refractivity contribution in [2.45, 2.75) is 139 Å². The van der Waals surface area contributed by atoms with Gasteiger partial charge in [0.1, 0.15) is 48.6 Å². The molecule has 3 saturated heterocycles. The molecule has 4 aliphatic rings. The van der Waals surface area contributed by atoms with Crippen molar-refractivity contribution < 1.29 is 60.3 Å². The van der Waals surface area contributed by atoms with E-state index in [9.17, 15) is 51.1 Å². The molecular weight excluding hydrogens is 908 g/mol. The van der Waals surface area contributed by atoms with Crippen LogP contribution in [0.2, 0.25) is 10.0 Å². The summed E-state index contributed by atoms with van der Waals surface area (Å²) in [6.07, 6.45) is -8.22. The van der Waals surface area contributed by atoms with E-state index in [1.807, 2.05) is 0 Å². The third-order valence-corrected chi connectivity index (χ3v) is 13.4. The summed E-state index contributed by atoms with van der Waals surface area (Å²) in [7, 11) is 3.34. The number of amides is 7. The highest BCUT2D eigenvalue weighted by molar-refractivity contribution is 6.33. The van der Waals surface area contributed by atoms with Crippen LogP contribution in [0.5, 0.6) is 0 Å². The van der Waals surface area contributed by atoms with Gasteiger partial charge in [0.2, 0.25) is 41.0 Å². The number of hydrogen-bond donors (Lipinski definition) is 3. The molecule has 4 fully saturated rings. The lowest BCUT2D eigenvalue weighted by Gasteiger charge is -2.37. The van der Waals surface area contributed by atoms with Gasteiger partial charge in [0.25, 0.3) is 5.91 Å². The second-order valence-corrected chi connectivity index (χ2v) is 18.9. The van der Waals surface area contributed by atoms with Crippen LogP contribution in [0.3, 0.4) is 0 Å². The van der Waals surface area contributed by atoms with Gasteiger partial charge in [-0.1, -0.05) is 37.0 Å². The Balaban J connectivity index is 1.44. The fourth-order valence-corrected chi connectivity index (χ4v) is 9.10. The van der Waals surface area contributed by atoms with E-state index in [4.69, 9.17) is 23.2 Å². The van der Waals surface area contributed by atoms with E-state index in [0.717, 1.165) is 14.7 Å². The molecule has 7 amide bonds. The Morgan fingerprint density at radius 2 is 1.63 bits per heavy atom. The molecule has 65 heavy (non-hydrogen) atoms. The van der Waals surface area contributed by atoms with Gasteiger partial charge in [-0.3, -0.25) is 33.6 Å². The molecule has 0 spiro atoms. The van der Waals surface area contributed by atoms with Crippen LogP contribution in [-0.4, -0.2) is 162 Å². The number of benzene rings is 1. The Morgan fingerprint density at radius 3 is 2.25 bits per heavy atom. The number of halogens is 7. The standard InChI is InChI=1S/C43H58Cl2F5N7O8/c1-22(2)15-29-38(61)55(5)33(17-24-16-25(44)12-13-28(24)45)39(62)56-20-26(46)18-31(56)35(58)51-14-8-7-9-30(36(59)52-29)54(4)40(63)34(23-10-11-23)53-37(60)32-19-27(47)21-57(32)41(64)42(3,65-6)43(48,49)50/h12-13,16,22-23,26-27,29-34H,7-11,14-15,17-21H2,1-6H3,(H,51,58)(H,52,59)(H,53,60)/t26-,27-,29+,30+,31+,32+,33+,34+,42?/m1/s1. The van der Waals surface area contributed by atoms with E-state index in [2.05, 4.69) is 20.7 Å². The molecule has 22 heteroatoms. The number of likely N-dealkylation sites (N-methyl/N-ethyl adjacent to an activating group) is 2. The largest absolute Gasteiger partial charge is 0.426 e. The number of nitrogens with zero attached hydrogens (tertiary/aromatic N) is 4. The van der Waals surface area contributed by atoms with Crippen LogP contribution < -0.4 is 16.0 Å². The quantitative estimate of drug-likeness (QED) is 0.281. The highest BCUT2D eigenvalue weighted by Gasteiger charge is 2.61. The lowest BCUT2D eigenvalue weighted by atomic mass is 9.98. The molecule has 1 aliphatic carbocycles. The first kappa shape index (κ1) is 51.7. The minimum absolute atomic E-state index is 0.00827. The lowest BCUT2D eigenvalue weighted by molar-refractivity contribution is -0.258. The molecule has 9 atom stereocenters.